The van der Waals surface area contributed by atoms with Gasteiger partial charge in [-0.15, -0.1) is 0 Å². The van der Waals surface area contributed by atoms with Gasteiger partial charge in [-0.05, 0) is 50.8 Å². The number of aromatic nitrogens is 3. The highest BCUT2D eigenvalue weighted by Gasteiger charge is 2.17. The Hall–Kier alpha value is -2.34. The molecule has 2 N–H and O–H groups in total. The molecule has 134 valence electrons. The molecule has 2 atom stereocenters. The Morgan fingerprint density at radius 1 is 1.28 bits per heavy atom. The summed E-state index contributed by atoms with van der Waals surface area (Å²) < 4.78 is 7.66. The van der Waals surface area contributed by atoms with Crippen molar-refractivity contribution in [2.24, 2.45) is 5.92 Å². The van der Waals surface area contributed by atoms with Crippen LogP contribution in [0.2, 0.25) is 0 Å². The quantitative estimate of drug-likeness (QED) is 0.687. The number of rotatable bonds is 7. The topological polar surface area (TPSA) is 76.1 Å². The number of anilines is 1. The molecule has 2 unspecified atom stereocenters. The Labute approximate surface area is 147 Å². The van der Waals surface area contributed by atoms with Crippen LogP contribution in [-0.2, 0) is 6.54 Å². The second kappa shape index (κ2) is 7.27. The van der Waals surface area contributed by atoms with Gasteiger partial charge in [-0.2, -0.15) is 0 Å². The zero-order valence-electron chi connectivity index (χ0n) is 15.3. The first-order valence-electron chi connectivity index (χ1n) is 8.72. The van der Waals surface area contributed by atoms with E-state index in [1.807, 2.05) is 19.1 Å². The van der Waals surface area contributed by atoms with Gasteiger partial charge in [0.15, 0.2) is 0 Å². The van der Waals surface area contributed by atoms with Crippen LogP contribution >= 0.6 is 0 Å². The Kier molecular flexibility index (Phi) is 5.08. The van der Waals surface area contributed by atoms with Crippen LogP contribution in [0.25, 0.3) is 11.0 Å². The summed E-state index contributed by atoms with van der Waals surface area (Å²) in [5, 5.41) is 14.0. The van der Waals surface area contributed by atoms with Gasteiger partial charge in [0, 0.05) is 12.2 Å². The van der Waals surface area contributed by atoms with Crippen molar-refractivity contribution in [2.75, 3.05) is 11.9 Å². The summed E-state index contributed by atoms with van der Waals surface area (Å²) in [6.07, 6.45) is 3.76. The molecule has 0 aliphatic heterocycles. The Morgan fingerprint density at radius 3 is 2.76 bits per heavy atom. The minimum Gasteiger partial charge on any atom is -0.467 e. The summed E-state index contributed by atoms with van der Waals surface area (Å²) in [4.78, 5) is 8.96. The molecule has 3 heterocycles. The fourth-order valence-electron chi connectivity index (χ4n) is 3.29. The third kappa shape index (κ3) is 3.69. The molecule has 0 fully saturated rings. The van der Waals surface area contributed by atoms with Crippen molar-refractivity contribution in [1.29, 1.82) is 0 Å². The van der Waals surface area contributed by atoms with Gasteiger partial charge in [0.1, 0.15) is 23.6 Å². The molecule has 0 aliphatic rings. The summed E-state index contributed by atoms with van der Waals surface area (Å²) in [6.45, 7) is 9.56. The van der Waals surface area contributed by atoms with Gasteiger partial charge in [-0.1, -0.05) is 6.92 Å². The van der Waals surface area contributed by atoms with E-state index in [2.05, 4.69) is 40.6 Å². The van der Waals surface area contributed by atoms with E-state index in [-0.39, 0.29) is 6.10 Å². The Bertz CT molecular complexity index is 837. The van der Waals surface area contributed by atoms with Gasteiger partial charge < -0.3 is 19.4 Å². The largest absolute Gasteiger partial charge is 0.467 e. The summed E-state index contributed by atoms with van der Waals surface area (Å²) in [6, 6.07) is 3.87. The molecule has 0 radical (unpaired) electrons. The standard InChI is InChI=1S/C19H26N4O2/c1-12(8-13(2)24)9-20-18-17-14(3)15(4)23(19(17)22-11-21-18)10-16-6-5-7-25-16/h5-7,11-13,24H,8-10H2,1-4H3,(H,20,21,22). The highest BCUT2D eigenvalue weighted by atomic mass is 16.3. The maximum atomic E-state index is 9.53. The highest BCUT2D eigenvalue weighted by Crippen LogP contribution is 2.29. The molecule has 6 nitrogen and oxygen atoms in total. The van der Waals surface area contributed by atoms with Crippen molar-refractivity contribution >= 4 is 16.9 Å². The van der Waals surface area contributed by atoms with Crippen LogP contribution in [0.4, 0.5) is 5.82 Å². The fraction of sp³-hybridized carbons (Fsp3) is 0.474. The first-order chi connectivity index (χ1) is 12.0. The lowest BCUT2D eigenvalue weighted by Gasteiger charge is -2.15. The summed E-state index contributed by atoms with van der Waals surface area (Å²) in [5.74, 6) is 2.11. The van der Waals surface area contributed by atoms with E-state index >= 15 is 0 Å². The van der Waals surface area contributed by atoms with Gasteiger partial charge in [0.05, 0.1) is 24.3 Å². The van der Waals surface area contributed by atoms with E-state index in [0.29, 0.717) is 12.5 Å². The van der Waals surface area contributed by atoms with Crippen LogP contribution in [0.15, 0.2) is 29.1 Å². The molecule has 0 amide bonds. The monoisotopic (exact) mass is 342 g/mol. The zero-order valence-corrected chi connectivity index (χ0v) is 15.3. The first-order valence-corrected chi connectivity index (χ1v) is 8.72. The van der Waals surface area contributed by atoms with E-state index in [1.54, 1.807) is 12.6 Å². The van der Waals surface area contributed by atoms with Gasteiger partial charge in [-0.3, -0.25) is 0 Å². The number of aryl methyl sites for hydroxylation is 1. The van der Waals surface area contributed by atoms with Crippen molar-refractivity contribution in [3.63, 3.8) is 0 Å². The lowest BCUT2D eigenvalue weighted by atomic mass is 10.0. The Balaban J connectivity index is 1.90. The van der Waals surface area contributed by atoms with Crippen LogP contribution in [0.1, 0.15) is 37.3 Å². The predicted octanol–water partition coefficient (Wildman–Crippen LogP) is 3.51. The molecule has 0 aromatic carbocycles. The van der Waals surface area contributed by atoms with Crippen LogP contribution < -0.4 is 5.32 Å². The molecule has 0 saturated heterocycles. The molecule has 3 aromatic rings. The third-order valence-corrected chi connectivity index (χ3v) is 4.66. The summed E-state index contributed by atoms with van der Waals surface area (Å²) in [5.41, 5.74) is 3.24. The number of fused-ring (bicyclic) bond motifs is 1. The van der Waals surface area contributed by atoms with Crippen molar-refractivity contribution < 1.29 is 9.52 Å². The normalized spacial score (nSPS) is 14.0. The van der Waals surface area contributed by atoms with Gasteiger partial charge in [0.2, 0.25) is 0 Å². The van der Waals surface area contributed by atoms with Crippen molar-refractivity contribution in [2.45, 2.75) is 46.8 Å². The SMILES string of the molecule is Cc1c(C)n(Cc2ccco2)c2ncnc(NCC(C)CC(C)O)c12. The van der Waals surface area contributed by atoms with Gasteiger partial charge in [-0.25, -0.2) is 9.97 Å². The molecule has 3 aromatic heterocycles. The van der Waals surface area contributed by atoms with Crippen molar-refractivity contribution in [3.05, 3.63) is 41.7 Å². The summed E-state index contributed by atoms with van der Waals surface area (Å²) in [7, 11) is 0. The van der Waals surface area contributed by atoms with Crippen LogP contribution in [0.5, 0.6) is 0 Å². The maximum absolute atomic E-state index is 9.53. The molecule has 6 heteroatoms. The van der Waals surface area contributed by atoms with E-state index < -0.39 is 0 Å². The van der Waals surface area contributed by atoms with Crippen molar-refractivity contribution in [1.82, 2.24) is 14.5 Å². The third-order valence-electron chi connectivity index (χ3n) is 4.66. The lowest BCUT2D eigenvalue weighted by molar-refractivity contribution is 0.166. The number of aliphatic hydroxyl groups excluding tert-OH is 1. The number of furan rings is 1. The molecular formula is C19H26N4O2. The highest BCUT2D eigenvalue weighted by molar-refractivity contribution is 5.91. The van der Waals surface area contributed by atoms with E-state index in [1.165, 1.54) is 5.56 Å². The maximum Gasteiger partial charge on any atom is 0.146 e. The van der Waals surface area contributed by atoms with Gasteiger partial charge in [0.25, 0.3) is 0 Å². The lowest BCUT2D eigenvalue weighted by Crippen LogP contribution is -2.17. The van der Waals surface area contributed by atoms with Gasteiger partial charge >= 0.3 is 0 Å². The van der Waals surface area contributed by atoms with E-state index in [0.717, 1.165) is 41.3 Å². The molecule has 0 bridgehead atoms. The number of nitrogens with zero attached hydrogens (tertiary/aromatic N) is 3. The number of aliphatic hydroxyl groups is 1. The van der Waals surface area contributed by atoms with Crippen LogP contribution in [0.3, 0.4) is 0 Å². The predicted molar refractivity (Wildman–Crippen MR) is 98.8 cm³/mol. The minimum absolute atomic E-state index is 0.291. The smallest absolute Gasteiger partial charge is 0.146 e. The molecule has 0 saturated carbocycles. The minimum atomic E-state index is -0.291. The van der Waals surface area contributed by atoms with Crippen molar-refractivity contribution in [3.8, 4) is 0 Å². The average molecular weight is 342 g/mol. The first kappa shape index (κ1) is 17.5. The molecule has 0 spiro atoms. The summed E-state index contributed by atoms with van der Waals surface area (Å²) >= 11 is 0. The zero-order chi connectivity index (χ0) is 18.0. The average Bonchev–Trinajstić information content (AvgIpc) is 3.16. The molecule has 0 aliphatic carbocycles. The Morgan fingerprint density at radius 2 is 2.08 bits per heavy atom. The fourth-order valence-corrected chi connectivity index (χ4v) is 3.29. The molecule has 3 rings (SSSR count). The van der Waals surface area contributed by atoms with E-state index in [4.69, 9.17) is 4.42 Å². The second-order valence-electron chi connectivity index (χ2n) is 6.87. The number of nitrogens with one attached hydrogen (secondary N) is 1. The number of hydrogen-bond acceptors (Lipinski definition) is 5. The van der Waals surface area contributed by atoms with Crippen LogP contribution in [-0.4, -0.2) is 32.3 Å². The molecular weight excluding hydrogens is 316 g/mol. The molecule has 25 heavy (non-hydrogen) atoms. The number of hydrogen-bond donors (Lipinski definition) is 2. The van der Waals surface area contributed by atoms with E-state index in [9.17, 15) is 5.11 Å². The van der Waals surface area contributed by atoms with Crippen LogP contribution in [0, 0.1) is 19.8 Å². The second-order valence-corrected chi connectivity index (χ2v) is 6.87.